The second-order valence-electron chi connectivity index (χ2n) is 8.69. The second kappa shape index (κ2) is 9.61. The van der Waals surface area contributed by atoms with Crippen LogP contribution in [-0.2, 0) is 17.6 Å². The standard InChI is InChI=1S/C21H32N4O3S/c1-13(2)12-22-19(26)15-6-8-25(9-7-15)21(28)24-23-20(27)18-11-16-10-14(3)4-5-17(16)29-18/h11,13-15H,4-10,12H2,1-3H3,(H,22,26)(H,23,27)(H,24,28)/t14-/m0/s1. The number of carbonyl (C=O) groups excluding carboxylic acids is 3. The molecule has 1 fully saturated rings. The van der Waals surface area contributed by atoms with E-state index in [4.69, 9.17) is 0 Å². The fraction of sp³-hybridized carbons (Fsp3) is 0.667. The number of hydrogen-bond donors (Lipinski definition) is 3. The lowest BCUT2D eigenvalue weighted by molar-refractivity contribution is -0.126. The van der Waals surface area contributed by atoms with Crippen molar-refractivity contribution in [3.63, 3.8) is 0 Å². The number of aryl methyl sites for hydroxylation is 1. The van der Waals surface area contributed by atoms with Crippen LogP contribution in [0.15, 0.2) is 6.07 Å². The summed E-state index contributed by atoms with van der Waals surface area (Å²) in [7, 11) is 0. The molecule has 0 unspecified atom stereocenters. The van der Waals surface area contributed by atoms with Crippen molar-refractivity contribution in [2.75, 3.05) is 19.6 Å². The van der Waals surface area contributed by atoms with E-state index in [0.29, 0.717) is 49.2 Å². The first-order valence-electron chi connectivity index (χ1n) is 10.6. The lowest BCUT2D eigenvalue weighted by atomic mass is 9.90. The number of thiophene rings is 1. The van der Waals surface area contributed by atoms with Crippen LogP contribution in [-0.4, -0.2) is 42.4 Å². The molecule has 29 heavy (non-hydrogen) atoms. The third-order valence-corrected chi connectivity index (χ3v) is 6.91. The van der Waals surface area contributed by atoms with E-state index in [1.54, 1.807) is 4.90 Å². The second-order valence-corrected chi connectivity index (χ2v) is 9.83. The molecule has 0 bridgehead atoms. The first-order chi connectivity index (χ1) is 13.8. The number of hydrogen-bond acceptors (Lipinski definition) is 4. The van der Waals surface area contributed by atoms with Gasteiger partial charge in [0.2, 0.25) is 5.91 Å². The minimum absolute atomic E-state index is 0.0489. The smallest absolute Gasteiger partial charge is 0.336 e. The molecule has 2 aliphatic rings. The van der Waals surface area contributed by atoms with Crippen molar-refractivity contribution in [2.45, 2.75) is 52.9 Å². The number of nitrogens with one attached hydrogen (secondary N) is 3. The van der Waals surface area contributed by atoms with E-state index in [2.05, 4.69) is 36.9 Å². The number of urea groups is 1. The molecule has 1 aliphatic heterocycles. The summed E-state index contributed by atoms with van der Waals surface area (Å²) in [5.74, 6) is 0.831. The van der Waals surface area contributed by atoms with Crippen LogP contribution in [0.4, 0.5) is 4.79 Å². The summed E-state index contributed by atoms with van der Waals surface area (Å²) in [5, 5.41) is 2.96. The Morgan fingerprint density at radius 2 is 1.90 bits per heavy atom. The first-order valence-corrected chi connectivity index (χ1v) is 11.4. The fourth-order valence-corrected chi connectivity index (χ4v) is 4.97. The maximum atomic E-state index is 12.4. The number of likely N-dealkylation sites (tertiary alicyclic amines) is 1. The third-order valence-electron chi connectivity index (χ3n) is 5.67. The highest BCUT2D eigenvalue weighted by Crippen LogP contribution is 2.32. The molecule has 1 atom stereocenters. The van der Waals surface area contributed by atoms with E-state index in [0.717, 1.165) is 19.3 Å². The number of carbonyl (C=O) groups is 3. The number of fused-ring (bicyclic) bond motifs is 1. The Kier molecular flexibility index (Phi) is 7.16. The van der Waals surface area contributed by atoms with Gasteiger partial charge in [-0.1, -0.05) is 20.8 Å². The van der Waals surface area contributed by atoms with Gasteiger partial charge in [0.1, 0.15) is 0 Å². The number of hydrazine groups is 1. The first kappa shape index (κ1) is 21.6. The molecule has 8 heteroatoms. The topological polar surface area (TPSA) is 90.5 Å². The van der Waals surface area contributed by atoms with Crippen molar-refractivity contribution < 1.29 is 14.4 Å². The zero-order chi connectivity index (χ0) is 21.0. The monoisotopic (exact) mass is 420 g/mol. The molecule has 1 aliphatic carbocycles. The van der Waals surface area contributed by atoms with E-state index < -0.39 is 0 Å². The third kappa shape index (κ3) is 5.72. The minimum Gasteiger partial charge on any atom is -0.356 e. The normalized spacial score (nSPS) is 19.6. The van der Waals surface area contributed by atoms with Crippen molar-refractivity contribution in [3.8, 4) is 0 Å². The van der Waals surface area contributed by atoms with Crippen LogP contribution in [0.25, 0.3) is 0 Å². The molecule has 3 N–H and O–H groups in total. The zero-order valence-corrected chi connectivity index (χ0v) is 18.4. The summed E-state index contributed by atoms with van der Waals surface area (Å²) >= 11 is 1.52. The Morgan fingerprint density at radius 1 is 1.17 bits per heavy atom. The molecule has 160 valence electrons. The fourth-order valence-electron chi connectivity index (χ4n) is 3.86. The van der Waals surface area contributed by atoms with Gasteiger partial charge < -0.3 is 10.2 Å². The van der Waals surface area contributed by atoms with Gasteiger partial charge in [-0.15, -0.1) is 11.3 Å². The molecular formula is C21H32N4O3S. The maximum Gasteiger partial charge on any atom is 0.336 e. The van der Waals surface area contributed by atoms with Crippen LogP contribution >= 0.6 is 11.3 Å². The SMILES string of the molecule is CC(C)CNC(=O)C1CCN(C(=O)NNC(=O)c2cc3c(s2)CC[C@H](C)C3)CC1. The highest BCUT2D eigenvalue weighted by Gasteiger charge is 2.28. The Labute approximate surface area is 176 Å². The van der Waals surface area contributed by atoms with Gasteiger partial charge in [0, 0.05) is 30.4 Å². The van der Waals surface area contributed by atoms with Gasteiger partial charge in [-0.3, -0.25) is 15.0 Å². The van der Waals surface area contributed by atoms with Crippen LogP contribution < -0.4 is 16.2 Å². The minimum atomic E-state index is -0.325. The molecule has 1 aromatic heterocycles. The molecule has 4 amide bonds. The van der Waals surface area contributed by atoms with Crippen LogP contribution in [0.2, 0.25) is 0 Å². The molecule has 2 heterocycles. The summed E-state index contributed by atoms with van der Waals surface area (Å²) in [6.07, 6.45) is 4.49. The van der Waals surface area contributed by atoms with Gasteiger partial charge in [-0.25, -0.2) is 10.2 Å². The summed E-state index contributed by atoms with van der Waals surface area (Å²) < 4.78 is 0. The summed E-state index contributed by atoms with van der Waals surface area (Å²) in [6.45, 7) is 8.05. The van der Waals surface area contributed by atoms with Crippen molar-refractivity contribution in [1.82, 2.24) is 21.1 Å². The van der Waals surface area contributed by atoms with E-state index in [1.165, 1.54) is 21.8 Å². The Bertz CT molecular complexity index is 753. The van der Waals surface area contributed by atoms with Crippen molar-refractivity contribution >= 4 is 29.2 Å². The lowest BCUT2D eigenvalue weighted by Gasteiger charge is -2.31. The van der Waals surface area contributed by atoms with Crippen LogP contribution in [0.3, 0.4) is 0 Å². The number of amides is 4. The predicted octanol–water partition coefficient (Wildman–Crippen LogP) is 2.71. The van der Waals surface area contributed by atoms with E-state index >= 15 is 0 Å². The highest BCUT2D eigenvalue weighted by atomic mass is 32.1. The van der Waals surface area contributed by atoms with Crippen LogP contribution in [0, 0.1) is 17.8 Å². The van der Waals surface area contributed by atoms with Gasteiger partial charge in [-0.2, -0.15) is 0 Å². The summed E-state index contributed by atoms with van der Waals surface area (Å²) in [4.78, 5) is 40.5. The number of nitrogens with zero attached hydrogens (tertiary/aromatic N) is 1. The molecule has 0 aromatic carbocycles. The van der Waals surface area contributed by atoms with Gasteiger partial charge in [0.25, 0.3) is 5.91 Å². The molecule has 0 saturated carbocycles. The zero-order valence-electron chi connectivity index (χ0n) is 17.5. The maximum absolute atomic E-state index is 12.4. The number of rotatable bonds is 4. The van der Waals surface area contributed by atoms with Gasteiger partial charge in [-0.05, 0) is 55.6 Å². The van der Waals surface area contributed by atoms with Crippen molar-refractivity contribution in [1.29, 1.82) is 0 Å². The lowest BCUT2D eigenvalue weighted by Crippen LogP contribution is -2.52. The Balaban J connectivity index is 1.42. The van der Waals surface area contributed by atoms with Gasteiger partial charge >= 0.3 is 6.03 Å². The quantitative estimate of drug-likeness (QED) is 0.654. The molecule has 1 saturated heterocycles. The largest absolute Gasteiger partial charge is 0.356 e. The van der Waals surface area contributed by atoms with Crippen LogP contribution in [0.1, 0.15) is 60.1 Å². The van der Waals surface area contributed by atoms with E-state index in [-0.39, 0.29) is 23.8 Å². The molecule has 1 aromatic rings. The van der Waals surface area contributed by atoms with Crippen molar-refractivity contribution in [3.05, 3.63) is 21.4 Å². The van der Waals surface area contributed by atoms with Crippen LogP contribution in [0.5, 0.6) is 0 Å². The van der Waals surface area contributed by atoms with Gasteiger partial charge in [0.15, 0.2) is 0 Å². The average Bonchev–Trinajstić information content (AvgIpc) is 3.13. The van der Waals surface area contributed by atoms with E-state index in [9.17, 15) is 14.4 Å². The average molecular weight is 421 g/mol. The summed E-state index contributed by atoms with van der Waals surface area (Å²) in [6, 6.07) is 1.63. The molecule has 3 rings (SSSR count). The molecule has 7 nitrogen and oxygen atoms in total. The Morgan fingerprint density at radius 3 is 2.59 bits per heavy atom. The predicted molar refractivity (Wildman–Crippen MR) is 114 cm³/mol. The van der Waals surface area contributed by atoms with Crippen molar-refractivity contribution in [2.24, 2.45) is 17.8 Å². The Hall–Kier alpha value is -2.09. The van der Waals surface area contributed by atoms with E-state index in [1.807, 2.05) is 6.07 Å². The highest BCUT2D eigenvalue weighted by molar-refractivity contribution is 7.14. The molecule has 0 radical (unpaired) electrons. The molecular weight excluding hydrogens is 388 g/mol. The summed E-state index contributed by atoms with van der Waals surface area (Å²) in [5.41, 5.74) is 6.32. The van der Waals surface area contributed by atoms with Gasteiger partial charge in [0.05, 0.1) is 4.88 Å². The molecule has 0 spiro atoms. The number of piperidine rings is 1.